The molecule has 0 rings (SSSR count). The van der Waals surface area contributed by atoms with Gasteiger partial charge >= 0.3 is 0 Å². The van der Waals surface area contributed by atoms with Crippen molar-refractivity contribution >= 4 is 0 Å². The van der Waals surface area contributed by atoms with Gasteiger partial charge in [0.15, 0.2) is 0 Å². The minimum Gasteiger partial charge on any atom is -0.393 e. The number of aliphatic hydroxyl groups excluding tert-OH is 1. The van der Waals surface area contributed by atoms with E-state index in [1.807, 2.05) is 6.92 Å². The highest BCUT2D eigenvalue weighted by Gasteiger charge is 2.08. The molecule has 2 nitrogen and oxygen atoms in total. The summed E-state index contributed by atoms with van der Waals surface area (Å²) in [5.41, 5.74) is 0.346. The molecule has 1 atom stereocenters. The lowest BCUT2D eigenvalue weighted by Gasteiger charge is -2.18. The molecule has 0 aromatic heterocycles. The van der Waals surface area contributed by atoms with E-state index in [4.69, 9.17) is 5.11 Å². The maximum Gasteiger partial charge on any atom is 0.0524 e. The summed E-state index contributed by atoms with van der Waals surface area (Å²) in [7, 11) is 0. The standard InChI is InChI=1S/C9H21NO/c1-8(11)5-6-10-7-9(2,3)4/h8,10-11H,5-7H2,1-4H3/t8-/m0/s1. The third-order valence-electron chi connectivity index (χ3n) is 1.39. The number of aliphatic hydroxyl groups is 1. The fraction of sp³-hybridized carbons (Fsp3) is 1.00. The van der Waals surface area contributed by atoms with Crippen molar-refractivity contribution in [3.8, 4) is 0 Å². The lowest BCUT2D eigenvalue weighted by Crippen LogP contribution is -2.28. The van der Waals surface area contributed by atoms with Crippen molar-refractivity contribution in [2.75, 3.05) is 13.1 Å². The van der Waals surface area contributed by atoms with Crippen LogP contribution in [0, 0.1) is 5.41 Å². The van der Waals surface area contributed by atoms with Crippen molar-refractivity contribution in [3.05, 3.63) is 0 Å². The Morgan fingerprint density at radius 2 is 1.91 bits per heavy atom. The number of hydrogen-bond acceptors (Lipinski definition) is 2. The van der Waals surface area contributed by atoms with Gasteiger partial charge in [0, 0.05) is 0 Å². The molecule has 0 aromatic rings. The quantitative estimate of drug-likeness (QED) is 0.608. The molecule has 0 fully saturated rings. The monoisotopic (exact) mass is 159 g/mol. The Labute approximate surface area is 70.0 Å². The van der Waals surface area contributed by atoms with Crippen LogP contribution in [0.3, 0.4) is 0 Å². The van der Waals surface area contributed by atoms with Crippen LogP contribution in [0.5, 0.6) is 0 Å². The normalized spacial score (nSPS) is 15.0. The first-order valence-electron chi connectivity index (χ1n) is 4.30. The van der Waals surface area contributed by atoms with E-state index in [1.54, 1.807) is 0 Å². The summed E-state index contributed by atoms with van der Waals surface area (Å²) in [5, 5.41) is 12.2. The molecule has 68 valence electrons. The topological polar surface area (TPSA) is 32.3 Å². The van der Waals surface area contributed by atoms with E-state index in [-0.39, 0.29) is 6.10 Å². The third-order valence-corrected chi connectivity index (χ3v) is 1.39. The third kappa shape index (κ3) is 9.92. The zero-order valence-electron chi connectivity index (χ0n) is 8.15. The Balaban J connectivity index is 3.15. The summed E-state index contributed by atoms with van der Waals surface area (Å²) in [6.45, 7) is 10.3. The van der Waals surface area contributed by atoms with Gasteiger partial charge in [-0.15, -0.1) is 0 Å². The van der Waals surface area contributed by atoms with Crippen molar-refractivity contribution in [2.24, 2.45) is 5.41 Å². The van der Waals surface area contributed by atoms with Crippen LogP contribution in [0.25, 0.3) is 0 Å². The highest BCUT2D eigenvalue weighted by molar-refractivity contribution is 4.64. The van der Waals surface area contributed by atoms with E-state index >= 15 is 0 Å². The van der Waals surface area contributed by atoms with Gasteiger partial charge in [0.25, 0.3) is 0 Å². The molecule has 11 heavy (non-hydrogen) atoms. The van der Waals surface area contributed by atoms with Crippen LogP contribution >= 0.6 is 0 Å². The van der Waals surface area contributed by atoms with Crippen molar-refractivity contribution in [3.63, 3.8) is 0 Å². The molecule has 0 unspecified atom stereocenters. The van der Waals surface area contributed by atoms with Gasteiger partial charge in [0.05, 0.1) is 6.10 Å². The van der Waals surface area contributed by atoms with Crippen LogP contribution in [0.15, 0.2) is 0 Å². The molecular weight excluding hydrogens is 138 g/mol. The van der Waals surface area contributed by atoms with Crippen molar-refractivity contribution in [1.29, 1.82) is 0 Å². The van der Waals surface area contributed by atoms with Crippen LogP contribution in [-0.4, -0.2) is 24.3 Å². The van der Waals surface area contributed by atoms with Crippen LogP contribution < -0.4 is 5.32 Å². The van der Waals surface area contributed by atoms with Crippen molar-refractivity contribution in [2.45, 2.75) is 40.2 Å². The SMILES string of the molecule is C[C@H](O)CCNCC(C)(C)C. The molecule has 0 heterocycles. The van der Waals surface area contributed by atoms with E-state index in [0.717, 1.165) is 19.5 Å². The molecule has 0 aromatic carbocycles. The lowest BCUT2D eigenvalue weighted by molar-refractivity contribution is 0.182. The average Bonchev–Trinajstić information content (AvgIpc) is 1.78. The Morgan fingerprint density at radius 1 is 1.36 bits per heavy atom. The van der Waals surface area contributed by atoms with Gasteiger partial charge in [0.2, 0.25) is 0 Å². The number of rotatable bonds is 4. The second kappa shape index (κ2) is 4.73. The first-order chi connectivity index (χ1) is 4.92. The van der Waals surface area contributed by atoms with Crippen molar-refractivity contribution in [1.82, 2.24) is 5.32 Å². The summed E-state index contributed by atoms with van der Waals surface area (Å²) in [5.74, 6) is 0. The lowest BCUT2D eigenvalue weighted by atomic mass is 9.97. The molecule has 0 aliphatic heterocycles. The minimum atomic E-state index is -0.178. The molecule has 0 spiro atoms. The molecule has 2 heteroatoms. The van der Waals surface area contributed by atoms with E-state index in [0.29, 0.717) is 5.41 Å². The van der Waals surface area contributed by atoms with Gasteiger partial charge in [-0.25, -0.2) is 0 Å². The predicted molar refractivity (Wildman–Crippen MR) is 48.6 cm³/mol. The zero-order chi connectivity index (χ0) is 8.91. The van der Waals surface area contributed by atoms with Crippen LogP contribution in [-0.2, 0) is 0 Å². The van der Waals surface area contributed by atoms with Crippen molar-refractivity contribution < 1.29 is 5.11 Å². The zero-order valence-corrected chi connectivity index (χ0v) is 8.15. The number of hydrogen-bond donors (Lipinski definition) is 2. The molecule has 0 aliphatic rings. The highest BCUT2D eigenvalue weighted by atomic mass is 16.3. The largest absolute Gasteiger partial charge is 0.393 e. The van der Waals surface area contributed by atoms with E-state index < -0.39 is 0 Å². The van der Waals surface area contributed by atoms with Crippen LogP contribution in [0.4, 0.5) is 0 Å². The summed E-state index contributed by atoms with van der Waals surface area (Å²) < 4.78 is 0. The molecule has 2 N–H and O–H groups in total. The van der Waals surface area contributed by atoms with Gasteiger partial charge in [-0.2, -0.15) is 0 Å². The highest BCUT2D eigenvalue weighted by Crippen LogP contribution is 2.09. The second-order valence-corrected chi connectivity index (χ2v) is 4.38. The predicted octanol–water partition coefficient (Wildman–Crippen LogP) is 1.39. The molecule has 0 saturated heterocycles. The maximum absolute atomic E-state index is 8.94. The van der Waals surface area contributed by atoms with E-state index in [9.17, 15) is 0 Å². The molecule has 0 amide bonds. The molecule has 0 radical (unpaired) electrons. The molecule has 0 aliphatic carbocycles. The Kier molecular flexibility index (Phi) is 4.69. The van der Waals surface area contributed by atoms with Crippen LogP contribution in [0.1, 0.15) is 34.1 Å². The Bertz CT molecular complexity index is 94.2. The van der Waals surface area contributed by atoms with E-state index in [2.05, 4.69) is 26.1 Å². The fourth-order valence-corrected chi connectivity index (χ4v) is 0.774. The summed E-state index contributed by atoms with van der Waals surface area (Å²) in [6.07, 6.45) is 0.665. The minimum absolute atomic E-state index is 0.178. The fourth-order valence-electron chi connectivity index (χ4n) is 0.774. The Morgan fingerprint density at radius 3 is 2.27 bits per heavy atom. The molecule has 0 saturated carbocycles. The first-order valence-corrected chi connectivity index (χ1v) is 4.30. The number of nitrogens with one attached hydrogen (secondary N) is 1. The van der Waals surface area contributed by atoms with Gasteiger partial charge in [0.1, 0.15) is 0 Å². The van der Waals surface area contributed by atoms with Gasteiger partial charge in [-0.1, -0.05) is 20.8 Å². The molecule has 0 bridgehead atoms. The summed E-state index contributed by atoms with van der Waals surface area (Å²) in [4.78, 5) is 0. The first kappa shape index (κ1) is 10.9. The smallest absolute Gasteiger partial charge is 0.0524 e. The summed E-state index contributed by atoms with van der Waals surface area (Å²) >= 11 is 0. The average molecular weight is 159 g/mol. The van der Waals surface area contributed by atoms with Gasteiger partial charge < -0.3 is 10.4 Å². The van der Waals surface area contributed by atoms with E-state index in [1.165, 1.54) is 0 Å². The van der Waals surface area contributed by atoms with Gasteiger partial charge in [-0.3, -0.25) is 0 Å². The summed E-state index contributed by atoms with van der Waals surface area (Å²) in [6, 6.07) is 0. The maximum atomic E-state index is 8.94. The van der Waals surface area contributed by atoms with Gasteiger partial charge in [-0.05, 0) is 31.8 Å². The Hall–Kier alpha value is -0.0800. The van der Waals surface area contributed by atoms with Crippen LogP contribution in [0.2, 0.25) is 0 Å². The molecular formula is C9H21NO. The second-order valence-electron chi connectivity index (χ2n) is 4.38.